The first-order valence-electron chi connectivity index (χ1n) is 7.30. The van der Waals surface area contributed by atoms with Gasteiger partial charge in [0.1, 0.15) is 5.75 Å². The summed E-state index contributed by atoms with van der Waals surface area (Å²) in [5, 5.41) is 24.5. The molecule has 1 atom stereocenters. The molecule has 0 saturated heterocycles. The summed E-state index contributed by atoms with van der Waals surface area (Å²) < 4.78 is 5.04. The van der Waals surface area contributed by atoms with Crippen molar-refractivity contribution in [3.05, 3.63) is 69.8 Å². The number of aliphatic carboxylic acids is 1. The average molecular weight is 343 g/mol. The number of nitro benzene ring substituents is 1. The van der Waals surface area contributed by atoms with E-state index in [2.05, 4.69) is 5.32 Å². The van der Waals surface area contributed by atoms with Gasteiger partial charge in [-0.1, -0.05) is 18.2 Å². The van der Waals surface area contributed by atoms with E-state index in [9.17, 15) is 24.8 Å². The van der Waals surface area contributed by atoms with Gasteiger partial charge in [-0.25, -0.2) is 0 Å². The minimum atomic E-state index is -1.39. The Bertz CT molecular complexity index is 805. The standard InChI is InChI=1S/C17H16N2O6/c1-25-14-7-3-5-12(9-14)17(22)18-15(10-16(20)21)11-4-2-6-13(8-11)19(23)24/h2-9,15H,10H2,1H3,(H,18,22)(H,20,21)/p-1. The molecule has 0 saturated carbocycles. The van der Waals surface area contributed by atoms with Crippen LogP contribution in [0.3, 0.4) is 0 Å². The topological polar surface area (TPSA) is 122 Å². The van der Waals surface area contributed by atoms with Crippen molar-refractivity contribution in [3.63, 3.8) is 0 Å². The van der Waals surface area contributed by atoms with Gasteiger partial charge in [-0.2, -0.15) is 0 Å². The van der Waals surface area contributed by atoms with E-state index in [0.717, 1.165) is 0 Å². The number of methoxy groups -OCH3 is 1. The van der Waals surface area contributed by atoms with Crippen LogP contribution in [0.25, 0.3) is 0 Å². The fourth-order valence-corrected chi connectivity index (χ4v) is 2.28. The van der Waals surface area contributed by atoms with Crippen LogP contribution in [0.15, 0.2) is 48.5 Å². The predicted molar refractivity (Wildman–Crippen MR) is 85.9 cm³/mol. The summed E-state index contributed by atoms with van der Waals surface area (Å²) in [5.41, 5.74) is 0.374. The first-order chi connectivity index (χ1) is 11.9. The molecule has 2 rings (SSSR count). The van der Waals surface area contributed by atoms with E-state index in [-0.39, 0.29) is 11.3 Å². The van der Waals surface area contributed by atoms with Crippen LogP contribution in [0, 0.1) is 10.1 Å². The molecule has 8 nitrogen and oxygen atoms in total. The third-order valence-corrected chi connectivity index (χ3v) is 3.49. The summed E-state index contributed by atoms with van der Waals surface area (Å²) >= 11 is 0. The van der Waals surface area contributed by atoms with Gasteiger partial charge >= 0.3 is 0 Å². The number of hydrogen-bond acceptors (Lipinski definition) is 6. The monoisotopic (exact) mass is 343 g/mol. The molecule has 0 bridgehead atoms. The molecule has 2 aromatic carbocycles. The summed E-state index contributed by atoms with van der Waals surface area (Å²) in [7, 11) is 1.46. The van der Waals surface area contributed by atoms with Crippen molar-refractivity contribution in [2.75, 3.05) is 7.11 Å². The zero-order valence-electron chi connectivity index (χ0n) is 13.3. The van der Waals surface area contributed by atoms with Crippen molar-refractivity contribution in [1.82, 2.24) is 5.32 Å². The molecule has 0 aliphatic heterocycles. The van der Waals surface area contributed by atoms with Gasteiger partial charge in [0.05, 0.1) is 18.1 Å². The Labute approximate surface area is 143 Å². The Kier molecular flexibility index (Phi) is 5.67. The molecule has 0 aliphatic carbocycles. The second-order valence-electron chi connectivity index (χ2n) is 5.19. The molecule has 2 aromatic rings. The first kappa shape index (κ1) is 17.9. The minimum Gasteiger partial charge on any atom is -0.550 e. The normalized spacial score (nSPS) is 11.4. The number of non-ortho nitro benzene ring substituents is 1. The molecule has 8 heteroatoms. The summed E-state index contributed by atoms with van der Waals surface area (Å²) in [4.78, 5) is 33.7. The second-order valence-corrected chi connectivity index (χ2v) is 5.19. The smallest absolute Gasteiger partial charge is 0.269 e. The average Bonchev–Trinajstić information content (AvgIpc) is 2.60. The Morgan fingerprint density at radius 3 is 2.56 bits per heavy atom. The number of hydrogen-bond donors (Lipinski definition) is 1. The summed E-state index contributed by atoms with van der Waals surface area (Å²) in [6.45, 7) is 0. The highest BCUT2D eigenvalue weighted by Gasteiger charge is 2.19. The van der Waals surface area contributed by atoms with Crippen LogP contribution in [0.1, 0.15) is 28.4 Å². The summed E-state index contributed by atoms with van der Waals surface area (Å²) in [5.74, 6) is -1.45. The Hall–Kier alpha value is -3.42. The van der Waals surface area contributed by atoms with E-state index in [1.165, 1.54) is 37.4 Å². The van der Waals surface area contributed by atoms with E-state index in [1.807, 2.05) is 0 Å². The quantitative estimate of drug-likeness (QED) is 0.596. The van der Waals surface area contributed by atoms with Crippen molar-refractivity contribution in [1.29, 1.82) is 0 Å². The fraction of sp³-hybridized carbons (Fsp3) is 0.176. The number of carbonyl (C=O) groups is 2. The number of carboxylic acid groups (broad SMARTS) is 1. The molecule has 130 valence electrons. The number of nitro groups is 1. The van der Waals surface area contributed by atoms with Crippen molar-refractivity contribution >= 4 is 17.6 Å². The van der Waals surface area contributed by atoms with Crippen molar-refractivity contribution in [2.45, 2.75) is 12.5 Å². The number of ether oxygens (including phenoxy) is 1. The molecule has 1 unspecified atom stereocenters. The lowest BCUT2D eigenvalue weighted by molar-refractivity contribution is -0.385. The minimum absolute atomic E-state index is 0.198. The summed E-state index contributed by atoms with van der Waals surface area (Å²) in [6, 6.07) is 10.8. The van der Waals surface area contributed by atoms with Gasteiger partial charge in [0, 0.05) is 30.1 Å². The number of carbonyl (C=O) groups excluding carboxylic acids is 2. The zero-order chi connectivity index (χ0) is 18.4. The Morgan fingerprint density at radius 2 is 1.92 bits per heavy atom. The number of carboxylic acids is 1. The van der Waals surface area contributed by atoms with E-state index in [1.54, 1.807) is 18.2 Å². The Morgan fingerprint density at radius 1 is 1.20 bits per heavy atom. The number of nitrogens with zero attached hydrogens (tertiary/aromatic N) is 1. The second kappa shape index (κ2) is 7.91. The van der Waals surface area contributed by atoms with Gasteiger partial charge in [-0.05, 0) is 23.8 Å². The molecule has 0 aliphatic rings. The van der Waals surface area contributed by atoms with Crippen molar-refractivity contribution in [3.8, 4) is 5.75 Å². The van der Waals surface area contributed by atoms with Gasteiger partial charge in [-0.3, -0.25) is 14.9 Å². The Balaban J connectivity index is 2.28. The zero-order valence-corrected chi connectivity index (χ0v) is 13.3. The predicted octanol–water partition coefficient (Wildman–Crippen LogP) is 1.21. The van der Waals surface area contributed by atoms with Crippen molar-refractivity contribution < 1.29 is 24.4 Å². The van der Waals surface area contributed by atoms with Crippen LogP contribution >= 0.6 is 0 Å². The van der Waals surface area contributed by atoms with E-state index >= 15 is 0 Å². The molecular formula is C17H15N2O6-. The SMILES string of the molecule is COc1cccc(C(=O)NC(CC(=O)[O-])c2cccc([N+](=O)[O-])c2)c1. The number of amides is 1. The van der Waals surface area contributed by atoms with E-state index in [0.29, 0.717) is 11.3 Å². The van der Waals surface area contributed by atoms with E-state index < -0.39 is 29.3 Å². The van der Waals surface area contributed by atoms with E-state index in [4.69, 9.17) is 4.74 Å². The maximum Gasteiger partial charge on any atom is 0.269 e. The molecule has 0 spiro atoms. The maximum atomic E-state index is 12.4. The van der Waals surface area contributed by atoms with Crippen LogP contribution in [-0.4, -0.2) is 23.9 Å². The molecule has 0 heterocycles. The highest BCUT2D eigenvalue weighted by atomic mass is 16.6. The molecule has 1 N–H and O–H groups in total. The third kappa shape index (κ3) is 4.77. The molecule has 25 heavy (non-hydrogen) atoms. The van der Waals surface area contributed by atoms with Crippen molar-refractivity contribution in [2.24, 2.45) is 0 Å². The van der Waals surface area contributed by atoms with Crippen LogP contribution < -0.4 is 15.2 Å². The molecule has 0 aromatic heterocycles. The highest BCUT2D eigenvalue weighted by Crippen LogP contribution is 2.22. The van der Waals surface area contributed by atoms with Gasteiger partial charge < -0.3 is 20.0 Å². The lowest BCUT2D eigenvalue weighted by Gasteiger charge is -2.20. The molecule has 0 fully saturated rings. The lowest BCUT2D eigenvalue weighted by Crippen LogP contribution is -2.34. The molecule has 1 amide bonds. The molecule has 0 radical (unpaired) electrons. The third-order valence-electron chi connectivity index (χ3n) is 3.49. The van der Waals surface area contributed by atoms with Crippen LogP contribution in [0.5, 0.6) is 5.75 Å². The van der Waals surface area contributed by atoms with Gasteiger partial charge in [0.15, 0.2) is 0 Å². The van der Waals surface area contributed by atoms with Crippen LogP contribution in [0.2, 0.25) is 0 Å². The largest absolute Gasteiger partial charge is 0.550 e. The molecular weight excluding hydrogens is 328 g/mol. The van der Waals surface area contributed by atoms with Gasteiger partial charge in [0.2, 0.25) is 0 Å². The van der Waals surface area contributed by atoms with Crippen LogP contribution in [0.4, 0.5) is 5.69 Å². The lowest BCUT2D eigenvalue weighted by atomic mass is 10.0. The maximum absolute atomic E-state index is 12.4. The highest BCUT2D eigenvalue weighted by molar-refractivity contribution is 5.95. The van der Waals surface area contributed by atoms with Crippen LogP contribution in [-0.2, 0) is 4.79 Å². The summed E-state index contributed by atoms with van der Waals surface area (Å²) in [6.07, 6.45) is -0.517. The first-order valence-corrected chi connectivity index (χ1v) is 7.30. The number of nitrogens with one attached hydrogen (secondary N) is 1. The number of benzene rings is 2. The fourth-order valence-electron chi connectivity index (χ4n) is 2.28. The number of rotatable bonds is 7. The van der Waals surface area contributed by atoms with Gasteiger partial charge in [-0.15, -0.1) is 0 Å². The van der Waals surface area contributed by atoms with Gasteiger partial charge in [0.25, 0.3) is 11.6 Å².